The van der Waals surface area contributed by atoms with Crippen molar-refractivity contribution in [1.29, 1.82) is 0 Å². The van der Waals surface area contributed by atoms with E-state index in [0.29, 0.717) is 0 Å². The van der Waals surface area contributed by atoms with Crippen LogP contribution in [0.1, 0.15) is 12.8 Å². The maximum absolute atomic E-state index is 8.98. The molecule has 0 aliphatic rings. The average Bonchev–Trinajstić information content (AvgIpc) is 2.31. The molecule has 1 heteroatoms. The molecule has 0 aromatic heterocycles. The largest absolute Gasteiger partial charge is 0.377 e. The number of aliphatic hydroxyl groups is 1. The summed E-state index contributed by atoms with van der Waals surface area (Å²) in [6.07, 6.45) is 12.0. The Hall–Kier alpha value is -1.96. The van der Waals surface area contributed by atoms with Crippen molar-refractivity contribution in [2.45, 2.75) is 18.9 Å². The van der Waals surface area contributed by atoms with E-state index >= 15 is 0 Å². The second kappa shape index (κ2) is 11.1. The normalized spacial score (nSPS) is 11.3. The topological polar surface area (TPSA) is 20.2 Å². The zero-order chi connectivity index (χ0) is 12.1. The standard InChI is InChI=1S/C15H16O/c1-3-5-6-7-8-9-10-11-12-13-14-15(16)4-2/h3-4,7-10,15-16H,1-2,5-6H2. The Kier molecular flexibility index (Phi) is 9.75. The molecule has 0 bridgehead atoms. The lowest BCUT2D eigenvalue weighted by Crippen LogP contribution is -1.94. The molecule has 82 valence electrons. The molecule has 1 atom stereocenters. The third-order valence-electron chi connectivity index (χ3n) is 1.54. The zero-order valence-electron chi connectivity index (χ0n) is 9.32. The molecule has 0 saturated heterocycles. The van der Waals surface area contributed by atoms with Crippen LogP contribution in [-0.4, -0.2) is 11.2 Å². The molecular weight excluding hydrogens is 196 g/mol. The molecule has 16 heavy (non-hydrogen) atoms. The first-order valence-electron chi connectivity index (χ1n) is 5.05. The summed E-state index contributed by atoms with van der Waals surface area (Å²) in [6.45, 7) is 7.03. The van der Waals surface area contributed by atoms with Crippen LogP contribution < -0.4 is 0 Å². The molecule has 0 aliphatic carbocycles. The first-order chi connectivity index (χ1) is 7.81. The van der Waals surface area contributed by atoms with Crippen LogP contribution in [0, 0.1) is 23.7 Å². The number of rotatable bonds is 5. The summed E-state index contributed by atoms with van der Waals surface area (Å²) >= 11 is 0. The summed E-state index contributed by atoms with van der Waals surface area (Å²) < 4.78 is 0. The van der Waals surface area contributed by atoms with E-state index in [0.717, 1.165) is 12.8 Å². The van der Waals surface area contributed by atoms with Crippen LogP contribution in [0.15, 0.2) is 49.6 Å². The second-order valence-electron chi connectivity index (χ2n) is 2.87. The molecule has 1 N–H and O–H groups in total. The lowest BCUT2D eigenvalue weighted by Gasteiger charge is -1.86. The fourth-order valence-corrected chi connectivity index (χ4v) is 0.739. The molecule has 0 saturated carbocycles. The summed E-state index contributed by atoms with van der Waals surface area (Å²) in [7, 11) is 0. The van der Waals surface area contributed by atoms with Crippen molar-refractivity contribution in [2.24, 2.45) is 0 Å². The van der Waals surface area contributed by atoms with Gasteiger partial charge in [0.15, 0.2) is 0 Å². The van der Waals surface area contributed by atoms with Gasteiger partial charge in [-0.2, -0.15) is 0 Å². The van der Waals surface area contributed by atoms with E-state index in [4.69, 9.17) is 5.11 Å². The van der Waals surface area contributed by atoms with E-state index in [-0.39, 0.29) is 0 Å². The van der Waals surface area contributed by atoms with Gasteiger partial charge in [-0.1, -0.05) is 48.8 Å². The third-order valence-corrected chi connectivity index (χ3v) is 1.54. The molecule has 0 amide bonds. The van der Waals surface area contributed by atoms with Crippen LogP contribution in [0.2, 0.25) is 0 Å². The van der Waals surface area contributed by atoms with Gasteiger partial charge in [-0.15, -0.1) is 6.58 Å². The minimum absolute atomic E-state index is 0.794. The van der Waals surface area contributed by atoms with Crippen molar-refractivity contribution in [3.8, 4) is 23.7 Å². The predicted molar refractivity (Wildman–Crippen MR) is 69.5 cm³/mol. The van der Waals surface area contributed by atoms with E-state index in [1.807, 2.05) is 24.3 Å². The third kappa shape index (κ3) is 10.1. The number of aliphatic hydroxyl groups excluding tert-OH is 1. The quantitative estimate of drug-likeness (QED) is 0.321. The van der Waals surface area contributed by atoms with Crippen molar-refractivity contribution >= 4 is 0 Å². The molecule has 0 aromatic carbocycles. The van der Waals surface area contributed by atoms with E-state index in [2.05, 4.69) is 36.8 Å². The highest BCUT2D eigenvalue weighted by Gasteiger charge is 1.83. The SMILES string of the molecule is C=CCCC=CC=CC#CC#CC(O)C=C. The highest BCUT2D eigenvalue weighted by molar-refractivity contribution is 5.33. The Bertz CT molecular complexity index is 377. The number of unbranched alkanes of at least 4 members (excludes halogenated alkanes) is 1. The summed E-state index contributed by atoms with van der Waals surface area (Å²) in [5.74, 6) is 10.4. The number of hydrogen-bond donors (Lipinski definition) is 1. The summed E-state index contributed by atoms with van der Waals surface area (Å²) in [6, 6.07) is 0. The van der Waals surface area contributed by atoms with Gasteiger partial charge in [0.2, 0.25) is 0 Å². The first-order valence-corrected chi connectivity index (χ1v) is 5.05. The fourth-order valence-electron chi connectivity index (χ4n) is 0.739. The Balaban J connectivity index is 3.85. The molecule has 1 nitrogen and oxygen atoms in total. The molecule has 1 unspecified atom stereocenters. The Morgan fingerprint density at radius 2 is 1.94 bits per heavy atom. The maximum atomic E-state index is 8.98. The van der Waals surface area contributed by atoms with Crippen molar-refractivity contribution in [1.82, 2.24) is 0 Å². The van der Waals surface area contributed by atoms with Gasteiger partial charge in [-0.05, 0) is 30.8 Å². The van der Waals surface area contributed by atoms with Crippen LogP contribution in [0.25, 0.3) is 0 Å². The van der Waals surface area contributed by atoms with Crippen molar-refractivity contribution < 1.29 is 5.11 Å². The second-order valence-corrected chi connectivity index (χ2v) is 2.87. The lowest BCUT2D eigenvalue weighted by molar-refractivity contribution is 0.281. The molecule has 0 radical (unpaired) electrons. The van der Waals surface area contributed by atoms with Gasteiger partial charge < -0.3 is 5.11 Å². The van der Waals surface area contributed by atoms with Gasteiger partial charge in [0, 0.05) is 0 Å². The van der Waals surface area contributed by atoms with Crippen molar-refractivity contribution in [3.05, 3.63) is 49.6 Å². The van der Waals surface area contributed by atoms with Gasteiger partial charge in [0.25, 0.3) is 0 Å². The van der Waals surface area contributed by atoms with E-state index in [9.17, 15) is 0 Å². The van der Waals surface area contributed by atoms with E-state index < -0.39 is 6.10 Å². The highest BCUT2D eigenvalue weighted by atomic mass is 16.3. The monoisotopic (exact) mass is 212 g/mol. The minimum atomic E-state index is -0.794. The van der Waals surface area contributed by atoms with Gasteiger partial charge in [0.05, 0.1) is 0 Å². The van der Waals surface area contributed by atoms with Crippen LogP contribution in [0.4, 0.5) is 0 Å². The lowest BCUT2D eigenvalue weighted by atomic mass is 10.3. The van der Waals surface area contributed by atoms with E-state index in [1.165, 1.54) is 6.08 Å². The van der Waals surface area contributed by atoms with Crippen LogP contribution in [-0.2, 0) is 0 Å². The summed E-state index contributed by atoms with van der Waals surface area (Å²) in [5.41, 5.74) is 0. The smallest absolute Gasteiger partial charge is 0.134 e. The van der Waals surface area contributed by atoms with E-state index in [1.54, 1.807) is 6.08 Å². The van der Waals surface area contributed by atoms with Crippen LogP contribution in [0.3, 0.4) is 0 Å². The van der Waals surface area contributed by atoms with Crippen molar-refractivity contribution in [3.63, 3.8) is 0 Å². The number of hydrogen-bond acceptors (Lipinski definition) is 1. The predicted octanol–water partition coefficient (Wildman–Crippen LogP) is 2.62. The molecule has 0 heterocycles. The molecule has 0 aliphatic heterocycles. The van der Waals surface area contributed by atoms with Gasteiger partial charge >= 0.3 is 0 Å². The van der Waals surface area contributed by atoms with Gasteiger partial charge in [0.1, 0.15) is 6.10 Å². The average molecular weight is 212 g/mol. The Morgan fingerprint density at radius 3 is 2.62 bits per heavy atom. The Labute approximate surface area is 97.9 Å². The molecule has 0 rings (SSSR count). The van der Waals surface area contributed by atoms with Crippen LogP contribution in [0.5, 0.6) is 0 Å². The van der Waals surface area contributed by atoms with Gasteiger partial charge in [-0.3, -0.25) is 0 Å². The maximum Gasteiger partial charge on any atom is 0.134 e. The zero-order valence-corrected chi connectivity index (χ0v) is 9.32. The van der Waals surface area contributed by atoms with Crippen molar-refractivity contribution in [2.75, 3.05) is 0 Å². The number of allylic oxidation sites excluding steroid dienone is 5. The van der Waals surface area contributed by atoms with Gasteiger partial charge in [-0.25, -0.2) is 0 Å². The first kappa shape index (κ1) is 14.0. The fraction of sp³-hybridized carbons (Fsp3) is 0.200. The molecule has 0 spiro atoms. The van der Waals surface area contributed by atoms with Crippen LogP contribution >= 0.6 is 0 Å². The molecular formula is C15H16O. The summed E-state index contributed by atoms with van der Waals surface area (Å²) in [5, 5.41) is 8.98. The minimum Gasteiger partial charge on any atom is -0.377 e. The summed E-state index contributed by atoms with van der Waals surface area (Å²) in [4.78, 5) is 0. The molecule has 0 aromatic rings. The Morgan fingerprint density at radius 1 is 1.12 bits per heavy atom. The highest BCUT2D eigenvalue weighted by Crippen LogP contribution is 1.90. The molecule has 0 fully saturated rings.